The van der Waals surface area contributed by atoms with Crippen LogP contribution in [0.25, 0.3) is 0 Å². The fraction of sp³-hybridized carbons (Fsp3) is 0.304. The third-order valence-corrected chi connectivity index (χ3v) is 7.85. The lowest BCUT2D eigenvalue weighted by atomic mass is 10.1. The first-order valence-corrected chi connectivity index (χ1v) is 12.1. The van der Waals surface area contributed by atoms with Gasteiger partial charge in [-0.2, -0.15) is 0 Å². The average molecular weight is 458 g/mol. The van der Waals surface area contributed by atoms with Gasteiger partial charge >= 0.3 is 0 Å². The van der Waals surface area contributed by atoms with Gasteiger partial charge in [-0.3, -0.25) is 14.7 Å². The van der Waals surface area contributed by atoms with Crippen molar-refractivity contribution in [2.24, 2.45) is 4.99 Å². The Balaban J connectivity index is 1.69. The van der Waals surface area contributed by atoms with Gasteiger partial charge in [0.15, 0.2) is 5.17 Å². The van der Waals surface area contributed by atoms with Gasteiger partial charge in [0.05, 0.1) is 16.8 Å². The smallest absolute Gasteiger partial charge is 0.269 e. The number of fused-ring (bicyclic) bond motifs is 1. The van der Waals surface area contributed by atoms with Crippen LogP contribution in [0.4, 0.5) is 5.69 Å². The first kappa shape index (κ1) is 21.3. The van der Waals surface area contributed by atoms with E-state index in [2.05, 4.69) is 30.9 Å². The molecule has 0 spiro atoms. The molecule has 0 bridgehead atoms. The van der Waals surface area contributed by atoms with Crippen LogP contribution in [0.1, 0.15) is 38.3 Å². The number of aliphatic imine (C=N–C) groups is 1. The molecule has 1 saturated heterocycles. The summed E-state index contributed by atoms with van der Waals surface area (Å²) in [5.41, 5.74) is 2.18. The molecule has 0 N–H and O–H groups in total. The fourth-order valence-corrected chi connectivity index (χ4v) is 6.01. The zero-order valence-electron chi connectivity index (χ0n) is 17.3. The molecule has 0 radical (unpaired) electrons. The summed E-state index contributed by atoms with van der Waals surface area (Å²) in [5.74, 6) is 0.0423. The summed E-state index contributed by atoms with van der Waals surface area (Å²) >= 11 is 9.30. The van der Waals surface area contributed by atoms with E-state index in [0.717, 1.165) is 44.1 Å². The SMILES string of the molecule is CCCCN1C(=O)C(=C2Sc3ccc(Cl)cc3N2C)SC1=NC(C)c1ccccc1. The Hall–Kier alpha value is -1.89. The number of hydrogen-bond acceptors (Lipinski definition) is 5. The summed E-state index contributed by atoms with van der Waals surface area (Å²) in [4.78, 5) is 24.1. The van der Waals surface area contributed by atoms with Gasteiger partial charge in [0.1, 0.15) is 4.91 Å². The molecule has 2 heterocycles. The van der Waals surface area contributed by atoms with E-state index in [1.165, 1.54) is 11.8 Å². The second kappa shape index (κ2) is 9.08. The summed E-state index contributed by atoms with van der Waals surface area (Å²) in [6, 6.07) is 16.0. The standard InChI is InChI=1S/C23H24ClN3OS2/c1-4-5-13-27-21(28)20(22-26(3)18-14-17(24)11-12-19(18)29-22)30-23(27)25-15(2)16-9-7-6-8-10-16/h6-12,14-15H,4-5,13H2,1-3H3. The first-order valence-electron chi connectivity index (χ1n) is 10.1. The molecule has 30 heavy (non-hydrogen) atoms. The molecule has 0 aromatic heterocycles. The van der Waals surface area contributed by atoms with Crippen molar-refractivity contribution < 1.29 is 4.79 Å². The van der Waals surface area contributed by atoms with Crippen LogP contribution in [0.5, 0.6) is 0 Å². The minimum Gasteiger partial charge on any atom is -0.337 e. The molecule has 1 unspecified atom stereocenters. The van der Waals surface area contributed by atoms with E-state index < -0.39 is 0 Å². The number of rotatable bonds is 5. The predicted octanol–water partition coefficient (Wildman–Crippen LogP) is 6.54. The second-order valence-electron chi connectivity index (χ2n) is 7.32. The number of amidine groups is 1. The highest BCUT2D eigenvalue weighted by Gasteiger charge is 2.39. The minimum atomic E-state index is -0.0139. The number of carbonyl (C=O) groups is 1. The van der Waals surface area contributed by atoms with Crippen molar-refractivity contribution in [3.8, 4) is 0 Å². The molecule has 156 valence electrons. The Labute approximate surface area is 191 Å². The van der Waals surface area contributed by atoms with Crippen LogP contribution < -0.4 is 4.90 Å². The number of nitrogens with zero attached hydrogens (tertiary/aromatic N) is 3. The summed E-state index contributed by atoms with van der Waals surface area (Å²) < 4.78 is 0. The molecule has 1 amide bonds. The molecular weight excluding hydrogens is 434 g/mol. The maximum Gasteiger partial charge on any atom is 0.269 e. The first-order chi connectivity index (χ1) is 14.5. The van der Waals surface area contributed by atoms with Crippen molar-refractivity contribution in [3.63, 3.8) is 0 Å². The van der Waals surface area contributed by atoms with E-state index in [0.29, 0.717) is 11.6 Å². The number of thioether (sulfide) groups is 2. The molecule has 1 fully saturated rings. The lowest BCUT2D eigenvalue weighted by Gasteiger charge is -2.17. The zero-order valence-corrected chi connectivity index (χ0v) is 19.7. The van der Waals surface area contributed by atoms with E-state index in [4.69, 9.17) is 16.6 Å². The van der Waals surface area contributed by atoms with Gasteiger partial charge in [-0.15, -0.1) is 0 Å². The van der Waals surface area contributed by atoms with Crippen LogP contribution >= 0.6 is 35.1 Å². The molecule has 0 aliphatic carbocycles. The van der Waals surface area contributed by atoms with Crippen LogP contribution in [0, 0.1) is 0 Å². The van der Waals surface area contributed by atoms with Crippen LogP contribution in [0.15, 0.2) is 68.4 Å². The molecule has 4 nitrogen and oxygen atoms in total. The Kier molecular flexibility index (Phi) is 6.46. The van der Waals surface area contributed by atoms with Gasteiger partial charge in [0, 0.05) is 23.5 Å². The van der Waals surface area contributed by atoms with Gasteiger partial charge in [0.2, 0.25) is 0 Å². The van der Waals surface area contributed by atoms with Crippen LogP contribution in [0.3, 0.4) is 0 Å². The van der Waals surface area contributed by atoms with E-state index in [9.17, 15) is 4.79 Å². The maximum atomic E-state index is 13.4. The highest BCUT2D eigenvalue weighted by molar-refractivity contribution is 8.19. The largest absolute Gasteiger partial charge is 0.337 e. The quantitative estimate of drug-likeness (QED) is 0.477. The third-order valence-electron chi connectivity index (χ3n) is 5.17. The summed E-state index contributed by atoms with van der Waals surface area (Å²) in [7, 11) is 1.99. The van der Waals surface area contributed by atoms with E-state index >= 15 is 0 Å². The van der Waals surface area contributed by atoms with Crippen molar-refractivity contribution in [1.29, 1.82) is 0 Å². The van der Waals surface area contributed by atoms with Crippen molar-refractivity contribution in [1.82, 2.24) is 4.90 Å². The maximum absolute atomic E-state index is 13.4. The zero-order chi connectivity index (χ0) is 21.3. The Bertz CT molecular complexity index is 1020. The fourth-order valence-electron chi connectivity index (χ4n) is 3.44. The highest BCUT2D eigenvalue weighted by atomic mass is 35.5. The van der Waals surface area contributed by atoms with Crippen molar-refractivity contribution in [2.75, 3.05) is 18.5 Å². The molecule has 2 aromatic carbocycles. The molecular formula is C23H24ClN3OS2. The Morgan fingerprint density at radius 2 is 1.90 bits per heavy atom. The highest BCUT2D eigenvalue weighted by Crippen LogP contribution is 2.50. The molecule has 0 saturated carbocycles. The van der Waals surface area contributed by atoms with Gasteiger partial charge in [-0.1, -0.05) is 67.0 Å². The van der Waals surface area contributed by atoms with Crippen LogP contribution in [-0.4, -0.2) is 29.6 Å². The lowest BCUT2D eigenvalue weighted by Crippen LogP contribution is -2.31. The third kappa shape index (κ3) is 4.13. The van der Waals surface area contributed by atoms with Gasteiger partial charge in [-0.25, -0.2) is 0 Å². The summed E-state index contributed by atoms with van der Waals surface area (Å²) in [5, 5.41) is 2.43. The topological polar surface area (TPSA) is 35.9 Å². The summed E-state index contributed by atoms with van der Waals surface area (Å²) in [6.07, 6.45) is 1.98. The summed E-state index contributed by atoms with van der Waals surface area (Å²) in [6.45, 7) is 4.90. The van der Waals surface area contributed by atoms with Crippen molar-refractivity contribution >= 4 is 51.9 Å². The Morgan fingerprint density at radius 3 is 2.63 bits per heavy atom. The molecule has 2 aromatic rings. The Morgan fingerprint density at radius 1 is 1.13 bits per heavy atom. The average Bonchev–Trinajstić information content (AvgIpc) is 3.23. The van der Waals surface area contributed by atoms with Crippen LogP contribution in [-0.2, 0) is 4.79 Å². The van der Waals surface area contributed by atoms with Gasteiger partial charge in [0.25, 0.3) is 5.91 Å². The minimum absolute atomic E-state index is 0.0139. The predicted molar refractivity (Wildman–Crippen MR) is 129 cm³/mol. The number of hydrogen-bond donors (Lipinski definition) is 0. The van der Waals surface area contributed by atoms with Gasteiger partial charge < -0.3 is 4.90 Å². The molecule has 1 atom stereocenters. The molecule has 2 aliphatic heterocycles. The van der Waals surface area contributed by atoms with Crippen molar-refractivity contribution in [3.05, 3.63) is 69.1 Å². The van der Waals surface area contributed by atoms with E-state index in [1.807, 2.05) is 48.3 Å². The molecule has 2 aliphatic rings. The lowest BCUT2D eigenvalue weighted by molar-refractivity contribution is -0.122. The van der Waals surface area contributed by atoms with Crippen LogP contribution in [0.2, 0.25) is 5.02 Å². The number of carbonyl (C=O) groups excluding carboxylic acids is 1. The number of amides is 1. The number of benzene rings is 2. The van der Waals surface area contributed by atoms with Gasteiger partial charge in [-0.05, 0) is 48.9 Å². The van der Waals surface area contributed by atoms with Crippen molar-refractivity contribution in [2.45, 2.75) is 37.6 Å². The molecule has 4 rings (SSSR count). The monoisotopic (exact) mass is 457 g/mol. The normalized spacial score (nSPS) is 20.9. The molecule has 7 heteroatoms. The number of halogens is 1. The number of anilines is 1. The van der Waals surface area contributed by atoms with E-state index in [1.54, 1.807) is 11.8 Å². The van der Waals surface area contributed by atoms with E-state index in [-0.39, 0.29) is 11.9 Å². The number of unbranched alkanes of at least 4 members (excludes halogenated alkanes) is 1. The second-order valence-corrected chi connectivity index (χ2v) is 9.76.